The van der Waals surface area contributed by atoms with Crippen molar-refractivity contribution in [1.82, 2.24) is 10.2 Å². The summed E-state index contributed by atoms with van der Waals surface area (Å²) in [6.45, 7) is 2.37. The summed E-state index contributed by atoms with van der Waals surface area (Å²) in [6.07, 6.45) is 6.98. The highest BCUT2D eigenvalue weighted by atomic mass is 32.1. The third kappa shape index (κ3) is 4.58. The number of benzene rings is 1. The number of anilines is 1. The summed E-state index contributed by atoms with van der Waals surface area (Å²) < 4.78 is 10.5. The lowest BCUT2D eigenvalue weighted by atomic mass is 9.49. The molecule has 0 unspecified atom stereocenters. The maximum atomic E-state index is 13.6. The van der Waals surface area contributed by atoms with E-state index in [0.29, 0.717) is 35.0 Å². The minimum atomic E-state index is -0.467. The van der Waals surface area contributed by atoms with Crippen LogP contribution >= 0.6 is 12.2 Å². The molecular weight excluding hydrogens is 462 g/mol. The van der Waals surface area contributed by atoms with Gasteiger partial charge in [0.25, 0.3) is 0 Å². The van der Waals surface area contributed by atoms with Crippen molar-refractivity contribution in [2.45, 2.75) is 51.5 Å². The molecule has 4 saturated carbocycles. The van der Waals surface area contributed by atoms with E-state index in [1.807, 2.05) is 38.2 Å². The lowest BCUT2D eigenvalue weighted by Crippen LogP contribution is -2.51. The van der Waals surface area contributed by atoms with Crippen LogP contribution in [0.1, 0.15) is 57.1 Å². The number of carbonyl (C=O) groups is 2. The van der Waals surface area contributed by atoms with Crippen LogP contribution in [0.4, 0.5) is 5.69 Å². The predicted molar refractivity (Wildman–Crippen MR) is 137 cm³/mol. The average Bonchev–Trinajstić information content (AvgIpc) is 2.81. The molecule has 1 amide bonds. The third-order valence-electron chi connectivity index (χ3n) is 8.49. The van der Waals surface area contributed by atoms with E-state index in [9.17, 15) is 9.59 Å². The second-order valence-electron chi connectivity index (χ2n) is 10.8. The molecule has 5 aliphatic rings. The Morgan fingerprint density at radius 2 is 1.80 bits per heavy atom. The quantitative estimate of drug-likeness (QED) is 0.333. The highest BCUT2D eigenvalue weighted by Gasteiger charge is 2.54. The molecule has 1 heterocycles. The van der Waals surface area contributed by atoms with E-state index in [1.165, 1.54) is 19.3 Å². The van der Waals surface area contributed by atoms with Gasteiger partial charge in [-0.25, -0.2) is 4.79 Å². The maximum absolute atomic E-state index is 13.6. The fraction of sp³-hybridized carbons (Fsp3) is 0.593. The van der Waals surface area contributed by atoms with Crippen LogP contribution < -0.4 is 10.6 Å². The molecule has 0 radical (unpaired) electrons. The first-order valence-corrected chi connectivity index (χ1v) is 13.0. The molecule has 1 aliphatic heterocycles. The first kappa shape index (κ1) is 24.3. The number of methoxy groups -OCH3 is 1. The number of hydrogen-bond donors (Lipinski definition) is 2. The van der Waals surface area contributed by atoms with Gasteiger partial charge in [-0.1, -0.05) is 12.1 Å². The molecule has 35 heavy (non-hydrogen) atoms. The number of nitrogens with one attached hydrogen (secondary N) is 2. The molecule has 0 spiro atoms. The van der Waals surface area contributed by atoms with Crippen LogP contribution in [-0.4, -0.2) is 49.3 Å². The van der Waals surface area contributed by atoms with Gasteiger partial charge in [-0.15, -0.1) is 0 Å². The molecule has 6 rings (SSSR count). The Hall–Kier alpha value is -2.45. The van der Waals surface area contributed by atoms with Crippen molar-refractivity contribution in [3.63, 3.8) is 0 Å². The lowest BCUT2D eigenvalue weighted by Gasteiger charge is -2.55. The van der Waals surface area contributed by atoms with E-state index in [-0.39, 0.29) is 17.9 Å². The molecule has 8 heteroatoms. The lowest BCUT2D eigenvalue weighted by molar-refractivity contribution is -0.141. The van der Waals surface area contributed by atoms with Crippen molar-refractivity contribution in [3.8, 4) is 0 Å². The summed E-state index contributed by atoms with van der Waals surface area (Å²) in [6, 6.07) is 7.26. The average molecular weight is 498 g/mol. The summed E-state index contributed by atoms with van der Waals surface area (Å²) in [4.78, 5) is 28.4. The number of esters is 1. The number of carbonyl (C=O) groups excluding carboxylic acids is 2. The van der Waals surface area contributed by atoms with Gasteiger partial charge < -0.3 is 25.0 Å². The van der Waals surface area contributed by atoms with Crippen molar-refractivity contribution >= 4 is 34.9 Å². The molecule has 1 atom stereocenters. The summed E-state index contributed by atoms with van der Waals surface area (Å²) in [5.41, 5.74) is 2.62. The Morgan fingerprint density at radius 3 is 2.43 bits per heavy atom. The van der Waals surface area contributed by atoms with E-state index in [1.54, 1.807) is 12.0 Å². The molecular formula is C27H35N3O4S. The number of thiocarbonyl (C=S) groups is 1. The Labute approximate surface area is 212 Å². The summed E-state index contributed by atoms with van der Waals surface area (Å²) in [5.74, 6) is 1.88. The van der Waals surface area contributed by atoms with Gasteiger partial charge >= 0.3 is 5.97 Å². The number of hydrogen-bond acceptors (Lipinski definition) is 5. The van der Waals surface area contributed by atoms with Crippen molar-refractivity contribution < 1.29 is 19.1 Å². The van der Waals surface area contributed by atoms with Crippen LogP contribution in [0.3, 0.4) is 0 Å². The van der Waals surface area contributed by atoms with E-state index >= 15 is 0 Å². The zero-order chi connectivity index (χ0) is 24.7. The van der Waals surface area contributed by atoms with Crippen molar-refractivity contribution in [1.29, 1.82) is 0 Å². The summed E-state index contributed by atoms with van der Waals surface area (Å²) in [5, 5.41) is 7.05. The van der Waals surface area contributed by atoms with Crippen LogP contribution in [-0.2, 0) is 19.1 Å². The van der Waals surface area contributed by atoms with Crippen molar-refractivity contribution in [3.05, 3.63) is 41.1 Å². The van der Waals surface area contributed by atoms with Crippen LogP contribution in [0.25, 0.3) is 0 Å². The predicted octanol–water partition coefficient (Wildman–Crippen LogP) is 4.17. The van der Waals surface area contributed by atoms with Gasteiger partial charge in [0, 0.05) is 25.5 Å². The maximum Gasteiger partial charge on any atom is 0.338 e. The highest BCUT2D eigenvalue weighted by Crippen LogP contribution is 2.60. The SMILES string of the molecule is COCCOC(=O)C1=C(C)N(C)C(=S)N[C@H]1c1cccc(NC(=O)C23CC4CC(CC(C4)C2)C3)c1. The first-order valence-electron chi connectivity index (χ1n) is 12.6. The number of amides is 1. The summed E-state index contributed by atoms with van der Waals surface area (Å²) in [7, 11) is 3.39. The zero-order valence-corrected chi connectivity index (χ0v) is 21.6. The molecule has 0 aromatic heterocycles. The minimum Gasteiger partial charge on any atom is -0.460 e. The highest BCUT2D eigenvalue weighted by molar-refractivity contribution is 7.80. The van der Waals surface area contributed by atoms with Gasteiger partial charge in [-0.3, -0.25) is 4.79 Å². The van der Waals surface area contributed by atoms with Crippen LogP contribution in [0.15, 0.2) is 35.5 Å². The second kappa shape index (κ2) is 9.54. The van der Waals surface area contributed by atoms with Gasteiger partial charge in [0.15, 0.2) is 5.11 Å². The standard InChI is InChI=1S/C27H35N3O4S/c1-16-22(24(31)34-8-7-33-3)23(29-26(35)30(16)2)20-5-4-6-21(12-20)28-25(32)27-13-17-9-18(14-27)11-19(10-17)15-27/h4-6,12,17-19,23H,7-11,13-15H2,1-3H3,(H,28,32)(H,29,35)/t17?,18?,19?,23-,27?/m0/s1. The number of allylic oxidation sites excluding steroid dienone is 1. The molecule has 4 fully saturated rings. The van der Waals surface area contributed by atoms with Crippen LogP contribution in [0, 0.1) is 23.2 Å². The normalized spacial score (nSPS) is 31.4. The van der Waals surface area contributed by atoms with Gasteiger partial charge in [0.2, 0.25) is 5.91 Å². The van der Waals surface area contributed by atoms with Gasteiger partial charge in [-0.05, 0) is 93.1 Å². The van der Waals surface area contributed by atoms with E-state index in [0.717, 1.165) is 36.2 Å². The fourth-order valence-electron chi connectivity index (χ4n) is 7.09. The monoisotopic (exact) mass is 497 g/mol. The smallest absolute Gasteiger partial charge is 0.338 e. The van der Waals surface area contributed by atoms with Crippen LogP contribution in [0.5, 0.6) is 0 Å². The van der Waals surface area contributed by atoms with Gasteiger partial charge in [0.1, 0.15) is 6.61 Å². The summed E-state index contributed by atoms with van der Waals surface area (Å²) >= 11 is 5.52. The molecule has 0 saturated heterocycles. The van der Waals surface area contributed by atoms with E-state index < -0.39 is 12.0 Å². The molecule has 7 nitrogen and oxygen atoms in total. The molecule has 1 aromatic rings. The molecule has 4 aliphatic carbocycles. The molecule has 188 valence electrons. The second-order valence-corrected chi connectivity index (χ2v) is 11.2. The molecule has 1 aromatic carbocycles. The minimum absolute atomic E-state index is 0.159. The van der Waals surface area contributed by atoms with E-state index in [4.69, 9.17) is 21.7 Å². The Kier molecular flexibility index (Phi) is 6.61. The topological polar surface area (TPSA) is 79.9 Å². The first-order chi connectivity index (χ1) is 16.8. The number of ether oxygens (including phenoxy) is 2. The largest absolute Gasteiger partial charge is 0.460 e. The third-order valence-corrected chi connectivity index (χ3v) is 8.88. The van der Waals surface area contributed by atoms with Gasteiger partial charge in [0.05, 0.1) is 23.6 Å². The fourth-order valence-corrected chi connectivity index (χ4v) is 7.35. The van der Waals surface area contributed by atoms with E-state index in [2.05, 4.69) is 10.6 Å². The van der Waals surface area contributed by atoms with Gasteiger partial charge in [-0.2, -0.15) is 0 Å². The number of rotatable bonds is 7. The molecule has 4 bridgehead atoms. The van der Waals surface area contributed by atoms with Crippen molar-refractivity contribution in [2.24, 2.45) is 23.2 Å². The number of nitrogens with zero attached hydrogens (tertiary/aromatic N) is 1. The molecule has 2 N–H and O–H groups in total. The Bertz CT molecular complexity index is 1030. The zero-order valence-electron chi connectivity index (χ0n) is 20.8. The Morgan fingerprint density at radius 1 is 1.14 bits per heavy atom. The van der Waals surface area contributed by atoms with Crippen LogP contribution in [0.2, 0.25) is 0 Å². The van der Waals surface area contributed by atoms with Crippen molar-refractivity contribution in [2.75, 3.05) is 32.7 Å². The Balaban J connectivity index is 1.37.